The zero-order valence-corrected chi connectivity index (χ0v) is 12.8. The van der Waals surface area contributed by atoms with Crippen molar-refractivity contribution in [1.29, 1.82) is 0 Å². The van der Waals surface area contributed by atoms with Gasteiger partial charge in [-0.15, -0.1) is 0 Å². The van der Waals surface area contributed by atoms with E-state index in [4.69, 9.17) is 0 Å². The summed E-state index contributed by atoms with van der Waals surface area (Å²) >= 11 is 0. The van der Waals surface area contributed by atoms with Crippen molar-refractivity contribution in [2.45, 2.75) is 19.5 Å². The molecule has 0 saturated carbocycles. The Morgan fingerprint density at radius 2 is 1.64 bits per heavy atom. The van der Waals surface area contributed by atoms with Gasteiger partial charge in [-0.3, -0.25) is 0 Å². The highest BCUT2D eigenvalue weighted by atomic mass is 19.1. The topological polar surface area (TPSA) is 32.3 Å². The van der Waals surface area contributed by atoms with Crippen LogP contribution in [0.1, 0.15) is 16.7 Å². The lowest BCUT2D eigenvalue weighted by Gasteiger charge is -2.44. The molecule has 1 N–H and O–H groups in total. The standard InChI is InChI=1S/C18H19FN2O/c1-13-7-6-8-14(2)16(13)20-17(22)21-11-18(19,12-21)15-9-4-3-5-10-15/h3-10H,11-12H2,1-2H3,(H,20,22). The maximum atomic E-state index is 14.7. The quantitative estimate of drug-likeness (QED) is 0.892. The lowest BCUT2D eigenvalue weighted by molar-refractivity contribution is -0.00528. The Kier molecular flexibility index (Phi) is 3.61. The van der Waals surface area contributed by atoms with Crippen LogP contribution in [0, 0.1) is 13.8 Å². The molecule has 1 aliphatic rings. The van der Waals surface area contributed by atoms with Gasteiger partial charge < -0.3 is 10.2 Å². The summed E-state index contributed by atoms with van der Waals surface area (Å²) in [4.78, 5) is 13.8. The minimum atomic E-state index is -1.43. The number of carbonyl (C=O) groups is 1. The van der Waals surface area contributed by atoms with Gasteiger partial charge >= 0.3 is 6.03 Å². The molecule has 1 heterocycles. The SMILES string of the molecule is Cc1cccc(C)c1NC(=O)N1CC(F)(c2ccccc2)C1. The highest BCUT2D eigenvalue weighted by molar-refractivity contribution is 5.91. The van der Waals surface area contributed by atoms with Crippen LogP contribution in [0.15, 0.2) is 48.5 Å². The van der Waals surface area contributed by atoms with Crippen molar-refractivity contribution in [3.05, 3.63) is 65.2 Å². The molecule has 1 saturated heterocycles. The third-order valence-corrected chi connectivity index (χ3v) is 4.17. The predicted octanol–water partition coefficient (Wildman–Crippen LogP) is 4.02. The molecule has 0 bridgehead atoms. The average Bonchev–Trinajstić information content (AvgIpc) is 2.48. The van der Waals surface area contributed by atoms with Crippen LogP contribution in [0.5, 0.6) is 0 Å². The van der Waals surface area contributed by atoms with Gasteiger partial charge in [-0.25, -0.2) is 9.18 Å². The van der Waals surface area contributed by atoms with E-state index in [0.29, 0.717) is 5.56 Å². The van der Waals surface area contributed by atoms with Crippen molar-refractivity contribution < 1.29 is 9.18 Å². The van der Waals surface area contributed by atoms with Crippen molar-refractivity contribution in [3.63, 3.8) is 0 Å². The Balaban J connectivity index is 1.67. The fourth-order valence-electron chi connectivity index (χ4n) is 2.82. The van der Waals surface area contributed by atoms with Crippen LogP contribution in [0.2, 0.25) is 0 Å². The van der Waals surface area contributed by atoms with Crippen molar-refractivity contribution in [2.24, 2.45) is 0 Å². The molecular weight excluding hydrogens is 279 g/mol. The molecule has 2 aromatic carbocycles. The van der Waals surface area contributed by atoms with Crippen molar-refractivity contribution in [2.75, 3.05) is 18.4 Å². The van der Waals surface area contributed by atoms with E-state index in [1.807, 2.05) is 50.2 Å². The average molecular weight is 298 g/mol. The van der Waals surface area contributed by atoms with Gasteiger partial charge in [0.15, 0.2) is 5.67 Å². The number of halogens is 1. The molecule has 0 atom stereocenters. The highest BCUT2D eigenvalue weighted by Crippen LogP contribution is 2.36. The van der Waals surface area contributed by atoms with Crippen LogP contribution in [0.4, 0.5) is 14.9 Å². The molecule has 0 aromatic heterocycles. The molecule has 3 rings (SSSR count). The molecule has 114 valence electrons. The number of amides is 2. The number of rotatable bonds is 2. The number of anilines is 1. The van der Waals surface area contributed by atoms with E-state index < -0.39 is 5.67 Å². The first-order valence-electron chi connectivity index (χ1n) is 7.36. The van der Waals surface area contributed by atoms with Crippen LogP contribution in [0.3, 0.4) is 0 Å². The molecule has 22 heavy (non-hydrogen) atoms. The van der Waals surface area contributed by atoms with Gasteiger partial charge in [0.1, 0.15) is 0 Å². The number of hydrogen-bond donors (Lipinski definition) is 1. The fraction of sp³-hybridized carbons (Fsp3) is 0.278. The molecule has 4 heteroatoms. The second-order valence-corrected chi connectivity index (χ2v) is 5.88. The molecule has 0 aliphatic carbocycles. The number of aryl methyl sites for hydroxylation is 2. The predicted molar refractivity (Wildman–Crippen MR) is 85.7 cm³/mol. The zero-order chi connectivity index (χ0) is 15.7. The smallest absolute Gasteiger partial charge is 0.317 e. The number of urea groups is 1. The molecule has 2 amide bonds. The van der Waals surface area contributed by atoms with E-state index in [-0.39, 0.29) is 19.1 Å². The number of hydrogen-bond acceptors (Lipinski definition) is 1. The van der Waals surface area contributed by atoms with E-state index in [1.54, 1.807) is 12.1 Å². The van der Waals surface area contributed by atoms with Gasteiger partial charge in [0.05, 0.1) is 13.1 Å². The first-order chi connectivity index (χ1) is 10.5. The molecule has 3 nitrogen and oxygen atoms in total. The summed E-state index contributed by atoms with van der Waals surface area (Å²) in [5.74, 6) is 0. The lowest BCUT2D eigenvalue weighted by atomic mass is 9.88. The maximum Gasteiger partial charge on any atom is 0.322 e. The number of benzene rings is 2. The van der Waals surface area contributed by atoms with Crippen LogP contribution < -0.4 is 5.32 Å². The summed E-state index contributed by atoms with van der Waals surface area (Å²) in [6.45, 7) is 4.08. The minimum absolute atomic E-state index is 0.0910. The molecule has 0 unspecified atom stereocenters. The highest BCUT2D eigenvalue weighted by Gasteiger charge is 2.47. The van der Waals surface area contributed by atoms with E-state index in [2.05, 4.69) is 5.32 Å². The van der Waals surface area contributed by atoms with E-state index in [1.165, 1.54) is 4.90 Å². The molecule has 0 radical (unpaired) electrons. The molecule has 1 fully saturated rings. The van der Waals surface area contributed by atoms with Gasteiger partial charge in [0.25, 0.3) is 0 Å². The monoisotopic (exact) mass is 298 g/mol. The molecular formula is C18H19FN2O. The first-order valence-corrected chi connectivity index (χ1v) is 7.36. The first kappa shape index (κ1) is 14.6. The molecule has 0 spiro atoms. The number of carbonyl (C=O) groups excluding carboxylic acids is 1. The summed E-state index contributed by atoms with van der Waals surface area (Å²) in [6.07, 6.45) is 0. The second kappa shape index (κ2) is 5.44. The Hall–Kier alpha value is -2.36. The van der Waals surface area contributed by atoms with Gasteiger partial charge in [0, 0.05) is 5.69 Å². The van der Waals surface area contributed by atoms with Crippen LogP contribution in [-0.4, -0.2) is 24.0 Å². The van der Waals surface area contributed by atoms with Gasteiger partial charge in [-0.2, -0.15) is 0 Å². The lowest BCUT2D eigenvalue weighted by Crippen LogP contribution is -2.59. The summed E-state index contributed by atoms with van der Waals surface area (Å²) in [6, 6.07) is 14.6. The number of nitrogens with zero attached hydrogens (tertiary/aromatic N) is 1. The fourth-order valence-corrected chi connectivity index (χ4v) is 2.82. The number of likely N-dealkylation sites (tertiary alicyclic amines) is 1. The number of para-hydroxylation sites is 1. The minimum Gasteiger partial charge on any atom is -0.317 e. The third kappa shape index (κ3) is 2.56. The number of nitrogens with one attached hydrogen (secondary N) is 1. The second-order valence-electron chi connectivity index (χ2n) is 5.88. The van der Waals surface area contributed by atoms with E-state index >= 15 is 0 Å². The Morgan fingerprint density at radius 1 is 1.05 bits per heavy atom. The van der Waals surface area contributed by atoms with Crippen molar-refractivity contribution >= 4 is 11.7 Å². The molecule has 2 aromatic rings. The van der Waals surface area contributed by atoms with Crippen LogP contribution in [-0.2, 0) is 5.67 Å². The Bertz CT molecular complexity index is 673. The third-order valence-electron chi connectivity index (χ3n) is 4.17. The summed E-state index contributed by atoms with van der Waals surface area (Å²) in [5, 5.41) is 2.89. The van der Waals surface area contributed by atoms with Crippen LogP contribution in [0.25, 0.3) is 0 Å². The summed E-state index contributed by atoms with van der Waals surface area (Å²) in [7, 11) is 0. The largest absolute Gasteiger partial charge is 0.322 e. The molecule has 1 aliphatic heterocycles. The van der Waals surface area contributed by atoms with E-state index in [0.717, 1.165) is 16.8 Å². The maximum absolute atomic E-state index is 14.7. The van der Waals surface area contributed by atoms with Gasteiger partial charge in [-0.1, -0.05) is 48.5 Å². The van der Waals surface area contributed by atoms with E-state index in [9.17, 15) is 9.18 Å². The summed E-state index contributed by atoms with van der Waals surface area (Å²) in [5.41, 5.74) is 2.01. The Labute approximate surface area is 129 Å². The van der Waals surface area contributed by atoms with Gasteiger partial charge in [-0.05, 0) is 30.5 Å². The Morgan fingerprint density at radius 3 is 2.23 bits per heavy atom. The van der Waals surface area contributed by atoms with Crippen LogP contribution >= 0.6 is 0 Å². The summed E-state index contributed by atoms with van der Waals surface area (Å²) < 4.78 is 14.7. The zero-order valence-electron chi connectivity index (χ0n) is 12.8. The van der Waals surface area contributed by atoms with Crippen molar-refractivity contribution in [1.82, 2.24) is 4.90 Å². The van der Waals surface area contributed by atoms with Gasteiger partial charge in [0.2, 0.25) is 0 Å². The number of alkyl halides is 1. The normalized spacial score (nSPS) is 16.0. The van der Waals surface area contributed by atoms with Crippen molar-refractivity contribution in [3.8, 4) is 0 Å².